The van der Waals surface area contributed by atoms with Crippen LogP contribution in [0.4, 0.5) is 0 Å². The summed E-state index contributed by atoms with van der Waals surface area (Å²) in [6.07, 6.45) is 0.929. The van der Waals surface area contributed by atoms with Crippen molar-refractivity contribution in [3.05, 3.63) is 47.1 Å². The minimum atomic E-state index is -0.136. The normalized spacial score (nSPS) is 19.9. The second-order valence-corrected chi connectivity index (χ2v) is 6.43. The van der Waals surface area contributed by atoms with E-state index in [2.05, 4.69) is 51.5 Å². The fourth-order valence-electron chi connectivity index (χ4n) is 3.24. The first kappa shape index (κ1) is 18.0. The molecule has 0 radical (unpaired) electrons. The van der Waals surface area contributed by atoms with Gasteiger partial charge in [0, 0.05) is 32.3 Å². The summed E-state index contributed by atoms with van der Waals surface area (Å²) < 4.78 is 11.0. The van der Waals surface area contributed by atoms with Gasteiger partial charge in [-0.25, -0.2) is 0 Å². The van der Waals surface area contributed by atoms with Gasteiger partial charge in [-0.3, -0.25) is 4.90 Å². The lowest BCUT2D eigenvalue weighted by molar-refractivity contribution is 0.0683. The molecular weight excluding hydrogens is 316 g/mol. The van der Waals surface area contributed by atoms with E-state index in [0.29, 0.717) is 30.9 Å². The summed E-state index contributed by atoms with van der Waals surface area (Å²) in [5, 5.41) is 7.56. The largest absolute Gasteiger partial charge is 0.371 e. The van der Waals surface area contributed by atoms with Crippen molar-refractivity contribution in [2.45, 2.75) is 45.9 Å². The van der Waals surface area contributed by atoms with E-state index in [0.717, 1.165) is 26.1 Å². The van der Waals surface area contributed by atoms with Crippen LogP contribution in [0.15, 0.2) is 28.8 Å². The number of rotatable bonds is 7. The number of nitrogens with one attached hydrogen (secondary N) is 1. The monoisotopic (exact) mass is 344 g/mol. The number of benzene rings is 1. The van der Waals surface area contributed by atoms with Crippen LogP contribution in [0, 0.1) is 0 Å². The first-order valence-corrected chi connectivity index (χ1v) is 9.19. The van der Waals surface area contributed by atoms with Gasteiger partial charge in [0.05, 0.1) is 6.54 Å². The molecule has 6 nitrogen and oxygen atoms in total. The van der Waals surface area contributed by atoms with Crippen LogP contribution in [0.1, 0.15) is 55.8 Å². The molecule has 1 aromatic carbocycles. The van der Waals surface area contributed by atoms with Gasteiger partial charge in [0.25, 0.3) is 0 Å². The lowest BCUT2D eigenvalue weighted by atomic mass is 10.0. The maximum atomic E-state index is 5.53. The topological polar surface area (TPSA) is 63.4 Å². The summed E-state index contributed by atoms with van der Waals surface area (Å²) in [6, 6.07) is 9.23. The van der Waals surface area contributed by atoms with Crippen molar-refractivity contribution in [3.8, 4) is 0 Å². The molecule has 0 saturated carbocycles. The van der Waals surface area contributed by atoms with Crippen LogP contribution in [0.5, 0.6) is 0 Å². The smallest absolute Gasteiger partial charge is 0.240 e. The van der Waals surface area contributed by atoms with Gasteiger partial charge in [0.2, 0.25) is 5.89 Å². The molecule has 1 aliphatic heterocycles. The summed E-state index contributed by atoms with van der Waals surface area (Å²) in [5.41, 5.74) is 2.69. The van der Waals surface area contributed by atoms with Crippen molar-refractivity contribution in [1.29, 1.82) is 0 Å². The van der Waals surface area contributed by atoms with E-state index in [1.165, 1.54) is 11.1 Å². The van der Waals surface area contributed by atoms with Crippen LogP contribution in [-0.4, -0.2) is 41.3 Å². The number of hydrogen-bond acceptors (Lipinski definition) is 6. The van der Waals surface area contributed by atoms with E-state index in [1.807, 2.05) is 13.8 Å². The zero-order valence-electron chi connectivity index (χ0n) is 15.4. The molecule has 1 N–H and O–H groups in total. The molecule has 25 heavy (non-hydrogen) atoms. The first-order valence-electron chi connectivity index (χ1n) is 9.19. The Bertz CT molecular complexity index is 656. The van der Waals surface area contributed by atoms with Crippen LogP contribution in [0.3, 0.4) is 0 Å². The Labute approximate surface area is 149 Å². The summed E-state index contributed by atoms with van der Waals surface area (Å²) in [5.74, 6) is 1.27. The lowest BCUT2D eigenvalue weighted by Gasteiger charge is -2.35. The van der Waals surface area contributed by atoms with Crippen LogP contribution >= 0.6 is 0 Å². The Balaban J connectivity index is 1.70. The van der Waals surface area contributed by atoms with E-state index in [-0.39, 0.29) is 6.10 Å². The number of piperazine rings is 1. The molecule has 0 spiro atoms. The van der Waals surface area contributed by atoms with Gasteiger partial charge >= 0.3 is 0 Å². The predicted molar refractivity (Wildman–Crippen MR) is 96.2 cm³/mol. The highest BCUT2D eigenvalue weighted by molar-refractivity contribution is 5.25. The standard InChI is InChI=1S/C19H28N4O2/c1-4-15-6-8-16(9-7-15)17-12-20-10-11-23(17)13-18-21-19(22-25-18)14(3)24-5-2/h6-9,14,17,20H,4-5,10-13H2,1-3H3. The van der Waals surface area contributed by atoms with Gasteiger partial charge in [0.1, 0.15) is 6.10 Å². The highest BCUT2D eigenvalue weighted by Crippen LogP contribution is 2.25. The van der Waals surface area contributed by atoms with E-state index >= 15 is 0 Å². The third-order valence-corrected chi connectivity index (χ3v) is 4.73. The maximum Gasteiger partial charge on any atom is 0.240 e. The van der Waals surface area contributed by atoms with Crippen LogP contribution < -0.4 is 5.32 Å². The Morgan fingerprint density at radius 2 is 2.12 bits per heavy atom. The molecule has 6 heteroatoms. The molecule has 1 saturated heterocycles. The Hall–Kier alpha value is -1.76. The van der Waals surface area contributed by atoms with Crippen molar-refractivity contribution >= 4 is 0 Å². The second kappa shape index (κ2) is 8.56. The fourth-order valence-corrected chi connectivity index (χ4v) is 3.24. The minimum Gasteiger partial charge on any atom is -0.371 e. The van der Waals surface area contributed by atoms with Gasteiger partial charge < -0.3 is 14.6 Å². The molecule has 1 aliphatic rings. The van der Waals surface area contributed by atoms with Crippen LogP contribution in [0.2, 0.25) is 0 Å². The molecule has 2 heterocycles. The zero-order valence-corrected chi connectivity index (χ0v) is 15.4. The van der Waals surface area contributed by atoms with Gasteiger partial charge in [0.15, 0.2) is 5.82 Å². The molecule has 0 bridgehead atoms. The number of aryl methyl sites for hydroxylation is 1. The third kappa shape index (κ3) is 4.45. The van der Waals surface area contributed by atoms with E-state index in [9.17, 15) is 0 Å². The Morgan fingerprint density at radius 1 is 1.32 bits per heavy atom. The summed E-state index contributed by atoms with van der Waals surface area (Å²) in [6.45, 7) is 10.3. The zero-order chi connectivity index (χ0) is 17.6. The van der Waals surface area contributed by atoms with E-state index in [4.69, 9.17) is 9.26 Å². The highest BCUT2D eigenvalue weighted by Gasteiger charge is 2.26. The summed E-state index contributed by atoms with van der Waals surface area (Å²) >= 11 is 0. The van der Waals surface area contributed by atoms with Gasteiger partial charge in [-0.1, -0.05) is 36.3 Å². The molecule has 1 aromatic heterocycles. The van der Waals surface area contributed by atoms with Gasteiger partial charge in [-0.15, -0.1) is 0 Å². The Kier molecular flexibility index (Phi) is 6.18. The molecule has 2 aromatic rings. The number of hydrogen-bond donors (Lipinski definition) is 1. The fraction of sp³-hybridized carbons (Fsp3) is 0.579. The number of aromatic nitrogens is 2. The van der Waals surface area contributed by atoms with Crippen LogP contribution in [-0.2, 0) is 17.7 Å². The number of nitrogens with zero attached hydrogens (tertiary/aromatic N) is 3. The van der Waals surface area contributed by atoms with E-state index < -0.39 is 0 Å². The average Bonchev–Trinajstić information content (AvgIpc) is 3.11. The van der Waals surface area contributed by atoms with Crippen molar-refractivity contribution in [1.82, 2.24) is 20.4 Å². The average molecular weight is 344 g/mol. The van der Waals surface area contributed by atoms with Crippen molar-refractivity contribution in [3.63, 3.8) is 0 Å². The molecule has 0 aliphatic carbocycles. The third-order valence-electron chi connectivity index (χ3n) is 4.73. The van der Waals surface area contributed by atoms with Gasteiger partial charge in [-0.2, -0.15) is 4.98 Å². The van der Waals surface area contributed by atoms with Crippen molar-refractivity contribution < 1.29 is 9.26 Å². The highest BCUT2D eigenvalue weighted by atomic mass is 16.5. The van der Waals surface area contributed by atoms with Gasteiger partial charge in [-0.05, 0) is 31.4 Å². The lowest BCUT2D eigenvalue weighted by Crippen LogP contribution is -2.45. The molecule has 3 rings (SSSR count). The minimum absolute atomic E-state index is 0.136. The molecular formula is C19H28N4O2. The van der Waals surface area contributed by atoms with Crippen molar-refractivity contribution in [2.24, 2.45) is 0 Å². The SMILES string of the molecule is CCOC(C)c1noc(CN2CCNCC2c2ccc(CC)cc2)n1. The summed E-state index contributed by atoms with van der Waals surface area (Å²) in [4.78, 5) is 6.92. The quantitative estimate of drug-likeness (QED) is 0.833. The Morgan fingerprint density at radius 3 is 2.84 bits per heavy atom. The number of ether oxygens (including phenoxy) is 1. The second-order valence-electron chi connectivity index (χ2n) is 6.43. The summed E-state index contributed by atoms with van der Waals surface area (Å²) in [7, 11) is 0. The molecule has 2 unspecified atom stereocenters. The first-order chi connectivity index (χ1) is 12.2. The predicted octanol–water partition coefficient (Wildman–Crippen LogP) is 2.88. The molecule has 136 valence electrons. The van der Waals surface area contributed by atoms with Crippen molar-refractivity contribution in [2.75, 3.05) is 26.2 Å². The van der Waals surface area contributed by atoms with E-state index in [1.54, 1.807) is 0 Å². The molecule has 2 atom stereocenters. The maximum absolute atomic E-state index is 5.53. The molecule has 1 fully saturated rings. The molecule has 0 amide bonds. The van der Waals surface area contributed by atoms with Crippen LogP contribution in [0.25, 0.3) is 0 Å².